The monoisotopic (exact) mass is 245 g/mol. The Labute approximate surface area is 107 Å². The summed E-state index contributed by atoms with van der Waals surface area (Å²) in [4.78, 5) is 8.93. The molecule has 0 radical (unpaired) electrons. The number of nitrogens with zero attached hydrogens (tertiary/aromatic N) is 4. The summed E-state index contributed by atoms with van der Waals surface area (Å²) in [5, 5.41) is 7.63. The quantitative estimate of drug-likeness (QED) is 0.877. The third-order valence-electron chi connectivity index (χ3n) is 2.53. The van der Waals surface area contributed by atoms with E-state index in [9.17, 15) is 0 Å². The van der Waals surface area contributed by atoms with Crippen molar-refractivity contribution in [1.82, 2.24) is 19.7 Å². The van der Waals surface area contributed by atoms with Crippen LogP contribution in [-0.2, 0) is 6.54 Å². The highest BCUT2D eigenvalue weighted by Gasteiger charge is 2.03. The molecule has 0 aromatic carbocycles. The van der Waals surface area contributed by atoms with E-state index >= 15 is 0 Å². The summed E-state index contributed by atoms with van der Waals surface area (Å²) in [6, 6.07) is 3.94. The number of anilines is 1. The van der Waals surface area contributed by atoms with E-state index in [4.69, 9.17) is 0 Å². The maximum absolute atomic E-state index is 4.49. The molecule has 0 aliphatic rings. The first-order chi connectivity index (χ1) is 8.67. The molecule has 96 valence electrons. The van der Waals surface area contributed by atoms with Gasteiger partial charge in [0.25, 0.3) is 0 Å². The fourth-order valence-corrected chi connectivity index (χ4v) is 1.74. The third kappa shape index (κ3) is 3.29. The zero-order valence-electron chi connectivity index (χ0n) is 11.1. The van der Waals surface area contributed by atoms with Crippen molar-refractivity contribution in [3.8, 4) is 0 Å². The van der Waals surface area contributed by atoms with Crippen LogP contribution in [0.5, 0.6) is 0 Å². The average Bonchev–Trinajstić information content (AvgIpc) is 2.71. The molecule has 0 amide bonds. The molecule has 0 spiro atoms. The fourth-order valence-electron chi connectivity index (χ4n) is 1.74. The van der Waals surface area contributed by atoms with Crippen molar-refractivity contribution in [2.75, 3.05) is 11.9 Å². The molecule has 0 saturated carbocycles. The van der Waals surface area contributed by atoms with Crippen LogP contribution < -0.4 is 5.32 Å². The Morgan fingerprint density at radius 1 is 1.22 bits per heavy atom. The van der Waals surface area contributed by atoms with Gasteiger partial charge in [-0.1, -0.05) is 6.92 Å². The summed E-state index contributed by atoms with van der Waals surface area (Å²) in [5.74, 6) is 1.68. The molecule has 0 bridgehead atoms. The Balaban J connectivity index is 2.14. The summed E-state index contributed by atoms with van der Waals surface area (Å²) in [7, 11) is 0. The van der Waals surface area contributed by atoms with Crippen LogP contribution in [0.1, 0.15) is 30.6 Å². The zero-order chi connectivity index (χ0) is 13.0. The molecule has 5 heteroatoms. The van der Waals surface area contributed by atoms with Crippen LogP contribution in [0.2, 0.25) is 0 Å². The van der Waals surface area contributed by atoms with E-state index in [0.29, 0.717) is 6.54 Å². The van der Waals surface area contributed by atoms with E-state index in [0.717, 1.165) is 36.0 Å². The van der Waals surface area contributed by atoms with Gasteiger partial charge in [-0.25, -0.2) is 9.97 Å². The normalized spacial score (nSPS) is 10.6. The highest BCUT2D eigenvalue weighted by atomic mass is 15.3. The first-order valence-electron chi connectivity index (χ1n) is 6.26. The molecule has 18 heavy (non-hydrogen) atoms. The van der Waals surface area contributed by atoms with Gasteiger partial charge < -0.3 is 5.32 Å². The van der Waals surface area contributed by atoms with Gasteiger partial charge in [0.1, 0.15) is 12.4 Å². The van der Waals surface area contributed by atoms with E-state index in [2.05, 4.69) is 27.3 Å². The smallest absolute Gasteiger partial charge is 0.152 e. The molecule has 0 aliphatic carbocycles. The predicted molar refractivity (Wildman–Crippen MR) is 71.6 cm³/mol. The molecular formula is C13H19N5. The van der Waals surface area contributed by atoms with Gasteiger partial charge >= 0.3 is 0 Å². The van der Waals surface area contributed by atoms with Gasteiger partial charge in [0.05, 0.1) is 5.69 Å². The zero-order valence-corrected chi connectivity index (χ0v) is 11.1. The van der Waals surface area contributed by atoms with Crippen LogP contribution in [0.15, 0.2) is 18.3 Å². The van der Waals surface area contributed by atoms with Crippen molar-refractivity contribution < 1.29 is 0 Å². The number of nitrogens with one attached hydrogen (secondary N) is 1. The van der Waals surface area contributed by atoms with E-state index < -0.39 is 0 Å². The van der Waals surface area contributed by atoms with E-state index in [1.807, 2.05) is 36.9 Å². The number of aryl methyl sites for hydroxylation is 2. The molecule has 2 heterocycles. The van der Waals surface area contributed by atoms with Crippen LogP contribution in [0, 0.1) is 13.8 Å². The Hall–Kier alpha value is -1.91. The maximum atomic E-state index is 4.49. The molecular weight excluding hydrogens is 226 g/mol. The van der Waals surface area contributed by atoms with Crippen LogP contribution >= 0.6 is 0 Å². The molecule has 1 N–H and O–H groups in total. The lowest BCUT2D eigenvalue weighted by atomic mass is 10.4. The van der Waals surface area contributed by atoms with Crippen LogP contribution in [0.25, 0.3) is 0 Å². The molecule has 0 atom stereocenters. The van der Waals surface area contributed by atoms with Crippen LogP contribution in [0.3, 0.4) is 0 Å². The number of rotatable bonds is 5. The van der Waals surface area contributed by atoms with Crippen molar-refractivity contribution in [1.29, 1.82) is 0 Å². The van der Waals surface area contributed by atoms with Crippen molar-refractivity contribution in [2.24, 2.45) is 0 Å². The molecule has 2 rings (SSSR count). The number of hydrogen-bond acceptors (Lipinski definition) is 4. The van der Waals surface area contributed by atoms with Gasteiger partial charge in [-0.15, -0.1) is 0 Å². The van der Waals surface area contributed by atoms with Gasteiger partial charge in [0.2, 0.25) is 0 Å². The number of hydrogen-bond donors (Lipinski definition) is 1. The second-order valence-electron chi connectivity index (χ2n) is 4.39. The third-order valence-corrected chi connectivity index (χ3v) is 2.53. The van der Waals surface area contributed by atoms with Crippen LogP contribution in [0.4, 0.5) is 5.82 Å². The summed E-state index contributed by atoms with van der Waals surface area (Å²) >= 11 is 0. The molecule has 2 aromatic rings. The Morgan fingerprint density at radius 3 is 2.72 bits per heavy atom. The van der Waals surface area contributed by atoms with Crippen LogP contribution in [-0.4, -0.2) is 26.3 Å². The lowest BCUT2D eigenvalue weighted by molar-refractivity contribution is 0.647. The largest absolute Gasteiger partial charge is 0.370 e. The Bertz CT molecular complexity index is 518. The summed E-state index contributed by atoms with van der Waals surface area (Å²) in [5.41, 5.74) is 1.98. The highest BCUT2D eigenvalue weighted by Crippen LogP contribution is 2.07. The Morgan fingerprint density at radius 2 is 2.06 bits per heavy atom. The predicted octanol–water partition coefficient (Wildman–Crippen LogP) is 2.16. The Kier molecular flexibility index (Phi) is 3.92. The van der Waals surface area contributed by atoms with E-state index in [1.54, 1.807) is 0 Å². The lowest BCUT2D eigenvalue weighted by Crippen LogP contribution is -2.09. The average molecular weight is 245 g/mol. The topological polar surface area (TPSA) is 55.6 Å². The second kappa shape index (κ2) is 5.62. The molecule has 0 fully saturated rings. The molecule has 0 aliphatic heterocycles. The fraction of sp³-hybridized carbons (Fsp3) is 0.462. The van der Waals surface area contributed by atoms with Gasteiger partial charge in [-0.05, 0) is 26.3 Å². The minimum absolute atomic E-state index is 0.607. The minimum Gasteiger partial charge on any atom is -0.370 e. The second-order valence-corrected chi connectivity index (χ2v) is 4.39. The summed E-state index contributed by atoms with van der Waals surface area (Å²) in [6.45, 7) is 7.63. The first kappa shape index (κ1) is 12.5. The SMILES string of the molecule is CCCNc1cc(C)nc(Cn2ccc(C)n2)n1. The first-order valence-corrected chi connectivity index (χ1v) is 6.26. The van der Waals surface area contributed by atoms with Gasteiger partial charge in [0.15, 0.2) is 5.82 Å². The van der Waals surface area contributed by atoms with Crippen molar-refractivity contribution in [2.45, 2.75) is 33.7 Å². The summed E-state index contributed by atoms with van der Waals surface area (Å²) < 4.78 is 1.85. The molecule has 0 unspecified atom stereocenters. The standard InChI is InChI=1S/C13H19N5/c1-4-6-14-12-8-11(3)15-13(16-12)9-18-7-5-10(2)17-18/h5,7-8H,4,6,9H2,1-3H3,(H,14,15,16). The maximum Gasteiger partial charge on any atom is 0.152 e. The van der Waals surface area contributed by atoms with Gasteiger partial charge in [0, 0.05) is 24.5 Å². The van der Waals surface area contributed by atoms with E-state index in [-0.39, 0.29) is 0 Å². The minimum atomic E-state index is 0.607. The van der Waals surface area contributed by atoms with Gasteiger partial charge in [-0.3, -0.25) is 4.68 Å². The number of aromatic nitrogens is 4. The lowest BCUT2D eigenvalue weighted by Gasteiger charge is -2.07. The highest BCUT2D eigenvalue weighted by molar-refractivity contribution is 5.35. The summed E-state index contributed by atoms with van der Waals surface area (Å²) in [6.07, 6.45) is 3.02. The van der Waals surface area contributed by atoms with E-state index in [1.165, 1.54) is 0 Å². The van der Waals surface area contributed by atoms with Gasteiger partial charge in [-0.2, -0.15) is 5.10 Å². The van der Waals surface area contributed by atoms with Crippen molar-refractivity contribution in [3.05, 3.63) is 35.5 Å². The molecule has 2 aromatic heterocycles. The molecule has 5 nitrogen and oxygen atoms in total. The van der Waals surface area contributed by atoms with Crippen molar-refractivity contribution in [3.63, 3.8) is 0 Å². The van der Waals surface area contributed by atoms with Crippen molar-refractivity contribution >= 4 is 5.82 Å². The molecule has 0 saturated heterocycles.